The molecule has 9 heteroatoms. The molecule has 0 bridgehead atoms. The summed E-state index contributed by atoms with van der Waals surface area (Å²) < 4.78 is 27.4. The van der Waals surface area contributed by atoms with E-state index in [9.17, 15) is 13.6 Å². The number of aromatic nitrogens is 2. The van der Waals surface area contributed by atoms with Gasteiger partial charge in [-0.25, -0.2) is 13.8 Å². The second-order valence-electron chi connectivity index (χ2n) is 9.35. The van der Waals surface area contributed by atoms with Crippen molar-refractivity contribution in [2.75, 3.05) is 49.5 Å². The zero-order valence-electron chi connectivity index (χ0n) is 20.0. The molecule has 34 heavy (non-hydrogen) atoms. The second kappa shape index (κ2) is 10.7. The molecule has 4 rings (SSSR count). The lowest BCUT2D eigenvalue weighted by molar-refractivity contribution is -0.0692. The highest BCUT2D eigenvalue weighted by atomic mass is 19.3. The van der Waals surface area contributed by atoms with Crippen LogP contribution in [0.25, 0.3) is 0 Å². The number of piperidine rings is 1. The van der Waals surface area contributed by atoms with Gasteiger partial charge in [0, 0.05) is 70.3 Å². The summed E-state index contributed by atoms with van der Waals surface area (Å²) in [6.07, 6.45) is 6.10. The number of amides is 1. The third kappa shape index (κ3) is 6.07. The Hall–Kier alpha value is -2.65. The van der Waals surface area contributed by atoms with E-state index in [0.29, 0.717) is 30.5 Å². The predicted molar refractivity (Wildman–Crippen MR) is 130 cm³/mol. The third-order valence-electron chi connectivity index (χ3n) is 7.06. The van der Waals surface area contributed by atoms with Crippen LogP contribution in [0.2, 0.25) is 0 Å². The Morgan fingerprint density at radius 3 is 2.50 bits per heavy atom. The maximum atomic E-state index is 13.7. The lowest BCUT2D eigenvalue weighted by Crippen LogP contribution is -2.52. The van der Waals surface area contributed by atoms with Gasteiger partial charge in [-0.1, -0.05) is 6.07 Å². The van der Waals surface area contributed by atoms with Crippen molar-refractivity contribution in [2.45, 2.75) is 51.1 Å². The molecule has 2 aromatic heterocycles. The molecule has 184 valence electrons. The van der Waals surface area contributed by atoms with E-state index >= 15 is 0 Å². The average Bonchev–Trinajstić information content (AvgIpc) is 3.10. The number of nitrogens with zero attached hydrogens (tertiary/aromatic N) is 5. The van der Waals surface area contributed by atoms with Crippen LogP contribution < -0.4 is 10.2 Å². The number of hydrogen-bond acceptors (Lipinski definition) is 6. The van der Waals surface area contributed by atoms with Gasteiger partial charge in [0.2, 0.25) is 0 Å². The Morgan fingerprint density at radius 1 is 1.06 bits per heavy atom. The predicted octanol–water partition coefficient (Wildman–Crippen LogP) is 3.75. The number of likely N-dealkylation sites (tertiary alicyclic amines) is 1. The molecular formula is C25H34F2N6O. The number of halogens is 2. The molecule has 2 aliphatic heterocycles. The number of rotatable bonds is 6. The van der Waals surface area contributed by atoms with Crippen LogP contribution in [-0.2, 0) is 0 Å². The number of carbonyl (C=O) groups excluding carboxylic acids is 1. The van der Waals surface area contributed by atoms with Crippen molar-refractivity contribution in [2.24, 2.45) is 0 Å². The standard InChI is InChI=1S/C25H34F2N6O/c1-19(25(2,26)27)31-15-9-21(10-16-31)32-13-4-14-33(18-17-32)23-6-3-5-22(30-23)24(34)29-20-7-11-28-12-8-20/h3,5-8,11-12,19,21H,4,9-10,13-18H2,1-2H3,(H,28,29,34)/t19-/m1/s1. The average molecular weight is 473 g/mol. The van der Waals surface area contributed by atoms with Crippen LogP contribution >= 0.6 is 0 Å². The summed E-state index contributed by atoms with van der Waals surface area (Å²) >= 11 is 0. The summed E-state index contributed by atoms with van der Waals surface area (Å²) in [7, 11) is 0. The lowest BCUT2D eigenvalue weighted by Gasteiger charge is -2.41. The zero-order valence-corrected chi connectivity index (χ0v) is 20.0. The Morgan fingerprint density at radius 2 is 1.79 bits per heavy atom. The second-order valence-corrected chi connectivity index (χ2v) is 9.35. The van der Waals surface area contributed by atoms with Crippen molar-refractivity contribution in [3.8, 4) is 0 Å². The van der Waals surface area contributed by atoms with Gasteiger partial charge in [-0.05, 0) is 50.5 Å². The van der Waals surface area contributed by atoms with E-state index in [1.165, 1.54) is 0 Å². The minimum Gasteiger partial charge on any atom is -0.355 e. The van der Waals surface area contributed by atoms with E-state index in [4.69, 9.17) is 0 Å². The molecule has 4 heterocycles. The fourth-order valence-electron chi connectivity index (χ4n) is 4.85. The fraction of sp³-hybridized carbons (Fsp3) is 0.560. The summed E-state index contributed by atoms with van der Waals surface area (Å²) in [5.41, 5.74) is 1.06. The van der Waals surface area contributed by atoms with Crippen LogP contribution in [0.5, 0.6) is 0 Å². The summed E-state index contributed by atoms with van der Waals surface area (Å²) in [5.74, 6) is -2.12. The summed E-state index contributed by atoms with van der Waals surface area (Å²) in [6, 6.07) is 8.73. The van der Waals surface area contributed by atoms with Crippen molar-refractivity contribution in [3.63, 3.8) is 0 Å². The Bertz CT molecular complexity index is 946. The van der Waals surface area contributed by atoms with Crippen molar-refractivity contribution in [3.05, 3.63) is 48.4 Å². The molecule has 0 aliphatic carbocycles. The maximum absolute atomic E-state index is 13.7. The number of pyridine rings is 2. The molecule has 1 N–H and O–H groups in total. The van der Waals surface area contributed by atoms with Gasteiger partial charge in [-0.2, -0.15) is 0 Å². The molecule has 1 amide bonds. The molecule has 1 atom stereocenters. The SMILES string of the molecule is C[C@@H](N1CCC(N2CCCN(c3cccc(C(=O)Nc4ccncc4)n3)CC2)CC1)C(C)(F)F. The van der Waals surface area contributed by atoms with Crippen molar-refractivity contribution >= 4 is 17.4 Å². The first-order valence-corrected chi connectivity index (χ1v) is 12.1. The first kappa shape index (κ1) is 24.5. The van der Waals surface area contributed by atoms with Gasteiger partial charge in [-0.15, -0.1) is 0 Å². The Labute approximate surface area is 200 Å². The highest BCUT2D eigenvalue weighted by Crippen LogP contribution is 2.27. The number of alkyl halides is 2. The molecule has 0 radical (unpaired) electrons. The van der Waals surface area contributed by atoms with Gasteiger partial charge >= 0.3 is 0 Å². The van der Waals surface area contributed by atoms with Gasteiger partial charge in [-0.3, -0.25) is 19.6 Å². The third-order valence-corrected chi connectivity index (χ3v) is 7.06. The number of carbonyl (C=O) groups is 1. The number of hydrogen-bond donors (Lipinski definition) is 1. The van der Waals surface area contributed by atoms with Crippen LogP contribution in [0, 0.1) is 0 Å². The monoisotopic (exact) mass is 472 g/mol. The van der Waals surface area contributed by atoms with Gasteiger partial charge < -0.3 is 10.2 Å². The number of nitrogens with one attached hydrogen (secondary N) is 1. The topological polar surface area (TPSA) is 64.6 Å². The highest BCUT2D eigenvalue weighted by molar-refractivity contribution is 6.03. The number of anilines is 2. The van der Waals surface area contributed by atoms with Crippen LogP contribution in [0.15, 0.2) is 42.7 Å². The molecular weight excluding hydrogens is 438 g/mol. The van der Waals surface area contributed by atoms with Gasteiger partial charge in [0.1, 0.15) is 11.5 Å². The lowest BCUT2D eigenvalue weighted by atomic mass is 10.00. The Balaban J connectivity index is 1.32. The molecule has 7 nitrogen and oxygen atoms in total. The van der Waals surface area contributed by atoms with E-state index in [0.717, 1.165) is 58.2 Å². The first-order valence-electron chi connectivity index (χ1n) is 12.1. The van der Waals surface area contributed by atoms with Crippen molar-refractivity contribution in [1.82, 2.24) is 19.8 Å². The minimum atomic E-state index is -2.67. The summed E-state index contributed by atoms with van der Waals surface area (Å²) in [6.45, 7) is 7.66. The largest absolute Gasteiger partial charge is 0.355 e. The van der Waals surface area contributed by atoms with Gasteiger partial charge in [0.15, 0.2) is 0 Å². The van der Waals surface area contributed by atoms with Gasteiger partial charge in [0.25, 0.3) is 11.8 Å². The highest BCUT2D eigenvalue weighted by Gasteiger charge is 2.37. The Kier molecular flexibility index (Phi) is 7.73. The van der Waals surface area contributed by atoms with Crippen LogP contribution in [-0.4, -0.2) is 82.9 Å². The molecule has 0 unspecified atom stereocenters. The maximum Gasteiger partial charge on any atom is 0.274 e. The molecule has 2 aromatic rings. The molecule has 0 aromatic carbocycles. The molecule has 0 saturated carbocycles. The van der Waals surface area contributed by atoms with E-state index in [1.54, 1.807) is 37.5 Å². The quantitative estimate of drug-likeness (QED) is 0.691. The first-order chi connectivity index (χ1) is 16.3. The van der Waals surface area contributed by atoms with Crippen molar-refractivity contribution < 1.29 is 13.6 Å². The summed E-state index contributed by atoms with van der Waals surface area (Å²) in [5, 5.41) is 2.85. The van der Waals surface area contributed by atoms with Crippen molar-refractivity contribution in [1.29, 1.82) is 0 Å². The minimum absolute atomic E-state index is 0.247. The van der Waals surface area contributed by atoms with Crippen LogP contribution in [0.1, 0.15) is 43.6 Å². The van der Waals surface area contributed by atoms with E-state index < -0.39 is 12.0 Å². The van der Waals surface area contributed by atoms with Crippen LogP contribution in [0.4, 0.5) is 20.3 Å². The smallest absolute Gasteiger partial charge is 0.274 e. The van der Waals surface area contributed by atoms with E-state index in [-0.39, 0.29) is 5.91 Å². The van der Waals surface area contributed by atoms with Gasteiger partial charge in [0.05, 0.1) is 6.04 Å². The van der Waals surface area contributed by atoms with E-state index in [2.05, 4.69) is 25.1 Å². The normalized spacial score (nSPS) is 20.1. The molecule has 2 aliphatic rings. The summed E-state index contributed by atoms with van der Waals surface area (Å²) in [4.78, 5) is 27.9. The van der Waals surface area contributed by atoms with Crippen LogP contribution in [0.3, 0.4) is 0 Å². The molecule has 2 fully saturated rings. The fourth-order valence-corrected chi connectivity index (χ4v) is 4.85. The molecule has 2 saturated heterocycles. The molecule has 0 spiro atoms. The zero-order chi connectivity index (χ0) is 24.1. The van der Waals surface area contributed by atoms with E-state index in [1.807, 2.05) is 17.0 Å².